The smallest absolute Gasteiger partial charge is 0.261 e. The summed E-state index contributed by atoms with van der Waals surface area (Å²) in [7, 11) is 0. The maximum atomic E-state index is 12.4. The number of anilines is 1. The van der Waals surface area contributed by atoms with Gasteiger partial charge in [0.05, 0.1) is 6.42 Å². The Bertz CT molecular complexity index is 825. The van der Waals surface area contributed by atoms with Crippen molar-refractivity contribution in [2.24, 2.45) is 0 Å². The van der Waals surface area contributed by atoms with Crippen molar-refractivity contribution in [3.05, 3.63) is 59.9 Å². The number of benzene rings is 1. The summed E-state index contributed by atoms with van der Waals surface area (Å²) in [6, 6.07) is 10.4. The zero-order valence-corrected chi connectivity index (χ0v) is 12.0. The van der Waals surface area contributed by atoms with Gasteiger partial charge in [-0.25, -0.2) is 0 Å². The molecule has 4 rings (SSSR count). The molecule has 1 saturated heterocycles. The molecule has 116 valence electrons. The summed E-state index contributed by atoms with van der Waals surface area (Å²) >= 11 is 0. The number of aromatic amines is 1. The van der Waals surface area contributed by atoms with E-state index in [4.69, 9.17) is 4.74 Å². The first-order valence-electron chi connectivity index (χ1n) is 7.24. The number of amides is 1. The highest BCUT2D eigenvalue weighted by atomic mass is 16.5. The van der Waals surface area contributed by atoms with E-state index < -0.39 is 11.7 Å². The van der Waals surface area contributed by atoms with Crippen molar-refractivity contribution in [3.8, 4) is 0 Å². The zero-order chi connectivity index (χ0) is 16.0. The summed E-state index contributed by atoms with van der Waals surface area (Å²) in [5, 5.41) is 14.8. The average molecular weight is 309 g/mol. The molecule has 0 unspecified atom stereocenters. The van der Waals surface area contributed by atoms with E-state index >= 15 is 0 Å². The van der Waals surface area contributed by atoms with Gasteiger partial charge in [-0.05, 0) is 18.2 Å². The molecule has 6 heteroatoms. The molecule has 0 bridgehead atoms. The lowest BCUT2D eigenvalue weighted by Gasteiger charge is -2.21. The van der Waals surface area contributed by atoms with Crippen LogP contribution in [0.1, 0.15) is 17.7 Å². The third kappa shape index (κ3) is 1.99. The van der Waals surface area contributed by atoms with Crippen LogP contribution in [-0.2, 0) is 19.9 Å². The van der Waals surface area contributed by atoms with Crippen LogP contribution >= 0.6 is 0 Å². The fourth-order valence-corrected chi connectivity index (χ4v) is 3.09. The van der Waals surface area contributed by atoms with Crippen LogP contribution in [0.15, 0.2) is 48.7 Å². The number of aromatic nitrogens is 1. The van der Waals surface area contributed by atoms with E-state index in [0.717, 1.165) is 0 Å². The van der Waals surface area contributed by atoms with E-state index in [9.17, 15) is 14.7 Å². The van der Waals surface area contributed by atoms with Crippen molar-refractivity contribution < 1.29 is 19.4 Å². The molecule has 3 heterocycles. The number of para-hydroxylation sites is 1. The first-order valence-corrected chi connectivity index (χ1v) is 7.24. The molecule has 2 N–H and O–H groups in total. The third-order valence-electron chi connectivity index (χ3n) is 4.21. The van der Waals surface area contributed by atoms with Crippen LogP contribution in [0.25, 0.3) is 5.76 Å². The van der Waals surface area contributed by atoms with Gasteiger partial charge in [-0.3, -0.25) is 9.59 Å². The molecule has 2 atom stereocenters. The number of Topliss-reactive ketones (excluding diaryl/α,β-unsaturated/α-hetero) is 1. The second-order valence-electron chi connectivity index (χ2n) is 5.62. The summed E-state index contributed by atoms with van der Waals surface area (Å²) in [5.41, 5.74) is 0.326. The maximum absolute atomic E-state index is 12.4. The number of hydrogen-bond acceptors (Lipinski definition) is 4. The minimum atomic E-state index is -1.33. The van der Waals surface area contributed by atoms with E-state index in [-0.39, 0.29) is 23.9 Å². The number of H-pyrrole nitrogens is 1. The molecule has 0 saturated carbocycles. The van der Waals surface area contributed by atoms with Gasteiger partial charge in [0.25, 0.3) is 5.91 Å². The Kier molecular flexibility index (Phi) is 2.89. The monoisotopic (exact) mass is 309 g/mol. The standard InChI is InChI=1S/C17H14N2O4/c20-13(12-6-3-7-18-12)8-15-14(21)9-17(23-15)10-4-1-2-5-11(10)19-16(17)22/h1-8,15,18,20H,9H2,(H,19,22)/p-1/b13-8-/t15-,17+/m0/s1. The molecule has 0 aliphatic carbocycles. The van der Waals surface area contributed by atoms with Gasteiger partial charge < -0.3 is 20.1 Å². The number of rotatable bonds is 2. The molecular formula is C17H13N2O4-. The molecule has 0 radical (unpaired) electrons. The van der Waals surface area contributed by atoms with Crippen molar-refractivity contribution >= 4 is 23.1 Å². The highest BCUT2D eigenvalue weighted by molar-refractivity contribution is 6.09. The van der Waals surface area contributed by atoms with Crippen LogP contribution in [0, 0.1) is 0 Å². The number of fused-ring (bicyclic) bond motifs is 2. The van der Waals surface area contributed by atoms with Gasteiger partial charge in [-0.2, -0.15) is 0 Å². The van der Waals surface area contributed by atoms with Crippen LogP contribution in [0.4, 0.5) is 5.69 Å². The average Bonchev–Trinajstić information content (AvgIpc) is 3.22. The second-order valence-corrected chi connectivity index (χ2v) is 5.62. The van der Waals surface area contributed by atoms with Crippen LogP contribution in [-0.4, -0.2) is 22.8 Å². The zero-order valence-electron chi connectivity index (χ0n) is 12.0. The van der Waals surface area contributed by atoms with Gasteiger partial charge in [-0.1, -0.05) is 30.0 Å². The SMILES string of the molecule is O=C1C[C@]2(O[C@H]1/C=C(\[O-])c1ccc[nH]1)C(=O)Nc1ccccc12. The fraction of sp³-hybridized carbons (Fsp3) is 0.176. The van der Waals surface area contributed by atoms with Crippen LogP contribution in [0.3, 0.4) is 0 Å². The number of nitrogens with one attached hydrogen (secondary N) is 2. The lowest BCUT2D eigenvalue weighted by Crippen LogP contribution is -2.34. The largest absolute Gasteiger partial charge is 0.871 e. The summed E-state index contributed by atoms with van der Waals surface area (Å²) in [5.74, 6) is -0.982. The van der Waals surface area contributed by atoms with Crippen LogP contribution < -0.4 is 10.4 Å². The lowest BCUT2D eigenvalue weighted by atomic mass is 9.91. The summed E-state index contributed by atoms with van der Waals surface area (Å²) < 4.78 is 5.78. The van der Waals surface area contributed by atoms with E-state index in [1.54, 1.807) is 42.6 Å². The van der Waals surface area contributed by atoms with E-state index in [1.807, 2.05) is 0 Å². The topological polar surface area (TPSA) is 94.2 Å². The Labute approximate surface area is 131 Å². The van der Waals surface area contributed by atoms with Gasteiger partial charge in [0.2, 0.25) is 0 Å². The van der Waals surface area contributed by atoms with Crippen molar-refractivity contribution in [1.82, 2.24) is 4.98 Å². The molecule has 2 aromatic rings. The van der Waals surface area contributed by atoms with Crippen molar-refractivity contribution in [1.29, 1.82) is 0 Å². The summed E-state index contributed by atoms with van der Waals surface area (Å²) in [6.45, 7) is 0. The maximum Gasteiger partial charge on any atom is 0.261 e. The van der Waals surface area contributed by atoms with Gasteiger partial charge in [-0.15, -0.1) is 0 Å². The minimum Gasteiger partial charge on any atom is -0.871 e. The number of carbonyl (C=O) groups excluding carboxylic acids is 2. The molecule has 1 aromatic heterocycles. The predicted molar refractivity (Wildman–Crippen MR) is 80.0 cm³/mol. The third-order valence-corrected chi connectivity index (χ3v) is 4.21. The molecule has 1 fully saturated rings. The normalized spacial score (nSPS) is 26.6. The number of carbonyl (C=O) groups is 2. The van der Waals surface area contributed by atoms with Gasteiger partial charge >= 0.3 is 0 Å². The van der Waals surface area contributed by atoms with E-state index in [1.165, 1.54) is 6.08 Å². The van der Waals surface area contributed by atoms with Crippen molar-refractivity contribution in [2.75, 3.05) is 5.32 Å². The van der Waals surface area contributed by atoms with Gasteiger partial charge in [0, 0.05) is 23.1 Å². The Morgan fingerprint density at radius 2 is 2.09 bits per heavy atom. The first-order chi connectivity index (χ1) is 11.1. The number of hydrogen-bond donors (Lipinski definition) is 2. The first kappa shape index (κ1) is 13.8. The number of ketones is 1. The van der Waals surface area contributed by atoms with Gasteiger partial charge in [0.1, 0.15) is 6.10 Å². The Hall–Kier alpha value is -2.86. The molecule has 23 heavy (non-hydrogen) atoms. The van der Waals surface area contributed by atoms with Crippen LogP contribution in [0.5, 0.6) is 0 Å². The molecule has 1 spiro atoms. The second kappa shape index (κ2) is 4.82. The van der Waals surface area contributed by atoms with E-state index in [2.05, 4.69) is 10.3 Å². The molecule has 1 aromatic carbocycles. The summed E-state index contributed by atoms with van der Waals surface area (Å²) in [4.78, 5) is 27.4. The fourth-order valence-electron chi connectivity index (χ4n) is 3.09. The predicted octanol–water partition coefficient (Wildman–Crippen LogP) is 0.921. The highest BCUT2D eigenvalue weighted by Gasteiger charge is 2.56. The lowest BCUT2D eigenvalue weighted by molar-refractivity contribution is -0.245. The number of ether oxygens (including phenoxy) is 1. The Morgan fingerprint density at radius 1 is 1.26 bits per heavy atom. The quantitative estimate of drug-likeness (QED) is 0.807. The molecule has 2 aliphatic heterocycles. The van der Waals surface area contributed by atoms with Crippen LogP contribution in [0.2, 0.25) is 0 Å². The Balaban J connectivity index is 1.69. The van der Waals surface area contributed by atoms with Crippen molar-refractivity contribution in [3.63, 3.8) is 0 Å². The minimum absolute atomic E-state index is 0.0744. The summed E-state index contributed by atoms with van der Waals surface area (Å²) in [6.07, 6.45) is 1.75. The Morgan fingerprint density at radius 3 is 2.87 bits per heavy atom. The molecule has 6 nitrogen and oxygen atoms in total. The molecule has 1 amide bonds. The van der Waals surface area contributed by atoms with E-state index in [0.29, 0.717) is 16.9 Å². The molecule has 2 aliphatic rings. The highest BCUT2D eigenvalue weighted by Crippen LogP contribution is 2.46. The van der Waals surface area contributed by atoms with Gasteiger partial charge in [0.15, 0.2) is 11.4 Å². The van der Waals surface area contributed by atoms with Crippen molar-refractivity contribution in [2.45, 2.75) is 18.1 Å². The molecular weight excluding hydrogens is 296 g/mol.